The molecule has 5 heteroatoms. The van der Waals surface area contributed by atoms with E-state index in [0.717, 1.165) is 23.5 Å². The van der Waals surface area contributed by atoms with Crippen LogP contribution in [0.2, 0.25) is 0 Å². The minimum Gasteiger partial charge on any atom is -0.491 e. The highest BCUT2D eigenvalue weighted by atomic mass is 16.6. The van der Waals surface area contributed by atoms with E-state index in [4.69, 9.17) is 23.7 Å². The van der Waals surface area contributed by atoms with Crippen molar-refractivity contribution in [3.05, 3.63) is 59.7 Å². The minimum absolute atomic E-state index is 0.517. The summed E-state index contributed by atoms with van der Waals surface area (Å²) in [6.45, 7) is 4.35. The summed E-state index contributed by atoms with van der Waals surface area (Å²) in [5, 5.41) is 0. The number of benzene rings is 2. The summed E-state index contributed by atoms with van der Waals surface area (Å²) in [7, 11) is 0. The van der Waals surface area contributed by atoms with Crippen molar-refractivity contribution < 1.29 is 23.7 Å². The lowest BCUT2D eigenvalue weighted by atomic mass is 10.0. The quantitative estimate of drug-likeness (QED) is 0.724. The molecular formula is C21H26O5. The van der Waals surface area contributed by atoms with E-state index in [2.05, 4.69) is 18.2 Å². The van der Waals surface area contributed by atoms with Crippen molar-refractivity contribution in [2.45, 2.75) is 6.42 Å². The van der Waals surface area contributed by atoms with Crippen molar-refractivity contribution in [2.24, 2.45) is 0 Å². The van der Waals surface area contributed by atoms with Crippen molar-refractivity contribution in [1.82, 2.24) is 0 Å². The van der Waals surface area contributed by atoms with Gasteiger partial charge in [-0.2, -0.15) is 0 Å². The Morgan fingerprint density at radius 3 is 2.00 bits per heavy atom. The topological polar surface area (TPSA) is 46.2 Å². The van der Waals surface area contributed by atoms with Crippen molar-refractivity contribution in [1.29, 1.82) is 0 Å². The summed E-state index contributed by atoms with van der Waals surface area (Å²) >= 11 is 0. The molecule has 26 heavy (non-hydrogen) atoms. The minimum atomic E-state index is 0.517. The number of hydrogen-bond acceptors (Lipinski definition) is 5. The van der Waals surface area contributed by atoms with E-state index in [1.165, 1.54) is 5.56 Å². The Morgan fingerprint density at radius 2 is 1.23 bits per heavy atom. The maximum Gasteiger partial charge on any atom is 0.122 e. The Bertz CT molecular complexity index is 658. The van der Waals surface area contributed by atoms with Gasteiger partial charge < -0.3 is 23.7 Å². The summed E-state index contributed by atoms with van der Waals surface area (Å²) in [5.41, 5.74) is 2.33. The van der Waals surface area contributed by atoms with Gasteiger partial charge in [-0.05, 0) is 29.3 Å². The average Bonchev–Trinajstić information content (AvgIpc) is 2.66. The van der Waals surface area contributed by atoms with Crippen molar-refractivity contribution >= 4 is 0 Å². The van der Waals surface area contributed by atoms with Crippen molar-refractivity contribution in [3.63, 3.8) is 0 Å². The molecule has 0 atom stereocenters. The molecule has 1 aliphatic rings. The van der Waals surface area contributed by atoms with Crippen LogP contribution in [-0.4, -0.2) is 52.9 Å². The Morgan fingerprint density at radius 1 is 0.577 bits per heavy atom. The zero-order valence-electron chi connectivity index (χ0n) is 15.0. The van der Waals surface area contributed by atoms with E-state index in [-0.39, 0.29) is 0 Å². The van der Waals surface area contributed by atoms with Crippen LogP contribution in [0.4, 0.5) is 0 Å². The van der Waals surface area contributed by atoms with E-state index in [1.807, 2.05) is 30.3 Å². The van der Waals surface area contributed by atoms with Gasteiger partial charge in [0.2, 0.25) is 0 Å². The number of rotatable bonds is 0. The lowest BCUT2D eigenvalue weighted by molar-refractivity contribution is 0.00498. The molecule has 0 N–H and O–H groups in total. The summed E-state index contributed by atoms with van der Waals surface area (Å²) in [6.07, 6.45) is 0.790. The fourth-order valence-corrected chi connectivity index (χ4v) is 2.73. The first-order chi connectivity index (χ1) is 12.9. The molecule has 0 saturated carbocycles. The van der Waals surface area contributed by atoms with Crippen LogP contribution in [0.1, 0.15) is 11.1 Å². The van der Waals surface area contributed by atoms with Gasteiger partial charge in [-0.15, -0.1) is 0 Å². The molecule has 0 fully saturated rings. The normalized spacial score (nSPS) is 17.5. The van der Waals surface area contributed by atoms with E-state index >= 15 is 0 Å². The molecule has 2 aromatic rings. The molecule has 0 radical (unpaired) electrons. The third-order valence-electron chi connectivity index (χ3n) is 3.99. The average molecular weight is 358 g/mol. The van der Waals surface area contributed by atoms with Crippen molar-refractivity contribution in [3.8, 4) is 11.5 Å². The predicted molar refractivity (Wildman–Crippen MR) is 99.1 cm³/mol. The van der Waals surface area contributed by atoms with Crippen LogP contribution in [0.3, 0.4) is 0 Å². The Balaban J connectivity index is 1.67. The second kappa shape index (κ2) is 10.8. The monoisotopic (exact) mass is 358 g/mol. The second-order valence-corrected chi connectivity index (χ2v) is 5.97. The Kier molecular flexibility index (Phi) is 7.78. The van der Waals surface area contributed by atoms with Crippen molar-refractivity contribution in [2.75, 3.05) is 52.9 Å². The third kappa shape index (κ3) is 6.33. The standard InChI is InChI=1S/C21H26O5/c1-2-7-21-19(5-1)16-18-4-3-6-20(17-18)25-14-12-23-10-8-22-9-11-24-13-15-26-21/h1-7,17H,8-16H2. The number of para-hydroxylation sites is 1. The first-order valence-electron chi connectivity index (χ1n) is 9.07. The van der Waals surface area contributed by atoms with Gasteiger partial charge >= 0.3 is 0 Å². The molecule has 0 aromatic heterocycles. The van der Waals surface area contributed by atoms with E-state index in [0.29, 0.717) is 52.9 Å². The summed E-state index contributed by atoms with van der Waals surface area (Å²) in [5.74, 6) is 1.75. The van der Waals surface area contributed by atoms with Gasteiger partial charge in [0.25, 0.3) is 0 Å². The fraction of sp³-hybridized carbons (Fsp3) is 0.429. The molecule has 0 unspecified atom stereocenters. The largest absolute Gasteiger partial charge is 0.491 e. The van der Waals surface area contributed by atoms with Gasteiger partial charge in [0, 0.05) is 6.42 Å². The molecule has 0 spiro atoms. The zero-order valence-corrected chi connectivity index (χ0v) is 15.0. The molecule has 3 rings (SSSR count). The van der Waals surface area contributed by atoms with Crippen LogP contribution in [-0.2, 0) is 20.6 Å². The van der Waals surface area contributed by atoms with Crippen LogP contribution < -0.4 is 9.47 Å². The molecule has 1 heterocycles. The van der Waals surface area contributed by atoms with Crippen LogP contribution >= 0.6 is 0 Å². The molecule has 140 valence electrons. The molecule has 2 aromatic carbocycles. The SMILES string of the molecule is c1cc2cc(c1)OCCOCCOCCOCCOc1ccccc1C2. The zero-order chi connectivity index (χ0) is 17.9. The highest BCUT2D eigenvalue weighted by Gasteiger charge is 2.06. The Hall–Kier alpha value is -2.08. The van der Waals surface area contributed by atoms with Gasteiger partial charge in [-0.3, -0.25) is 0 Å². The third-order valence-corrected chi connectivity index (χ3v) is 3.99. The van der Waals surface area contributed by atoms with Gasteiger partial charge in [0.15, 0.2) is 0 Å². The van der Waals surface area contributed by atoms with E-state index in [1.54, 1.807) is 0 Å². The predicted octanol–water partition coefficient (Wildman–Crippen LogP) is 3.10. The van der Waals surface area contributed by atoms with Crippen LogP contribution in [0, 0.1) is 0 Å². The highest BCUT2D eigenvalue weighted by molar-refractivity contribution is 5.39. The lowest BCUT2D eigenvalue weighted by Crippen LogP contribution is -2.14. The first kappa shape index (κ1) is 18.7. The summed E-state index contributed by atoms with van der Waals surface area (Å²) in [4.78, 5) is 0. The number of hydrogen-bond donors (Lipinski definition) is 0. The van der Waals surface area contributed by atoms with Gasteiger partial charge in [-0.1, -0.05) is 30.3 Å². The van der Waals surface area contributed by atoms with Gasteiger partial charge in [0.05, 0.1) is 39.6 Å². The smallest absolute Gasteiger partial charge is 0.122 e. The van der Waals surface area contributed by atoms with Crippen LogP contribution in [0.15, 0.2) is 48.5 Å². The summed E-state index contributed by atoms with van der Waals surface area (Å²) < 4.78 is 28.2. The molecule has 1 aliphatic heterocycles. The first-order valence-corrected chi connectivity index (χ1v) is 9.07. The van der Waals surface area contributed by atoms with Gasteiger partial charge in [-0.25, -0.2) is 0 Å². The maximum absolute atomic E-state index is 5.91. The van der Waals surface area contributed by atoms with E-state index < -0.39 is 0 Å². The maximum atomic E-state index is 5.91. The number of fused-ring (bicyclic) bond motifs is 3. The molecule has 0 aliphatic carbocycles. The van der Waals surface area contributed by atoms with Crippen LogP contribution in [0.5, 0.6) is 11.5 Å². The molecule has 0 saturated heterocycles. The number of ether oxygens (including phenoxy) is 5. The van der Waals surface area contributed by atoms with E-state index in [9.17, 15) is 0 Å². The second-order valence-electron chi connectivity index (χ2n) is 5.97. The van der Waals surface area contributed by atoms with Gasteiger partial charge in [0.1, 0.15) is 24.7 Å². The van der Waals surface area contributed by atoms with Crippen LogP contribution in [0.25, 0.3) is 0 Å². The fourth-order valence-electron chi connectivity index (χ4n) is 2.73. The molecule has 5 nitrogen and oxygen atoms in total. The molecule has 0 amide bonds. The highest BCUT2D eigenvalue weighted by Crippen LogP contribution is 2.23. The lowest BCUT2D eigenvalue weighted by Gasteiger charge is -2.12. The Labute approximate surface area is 154 Å². The molecule has 2 bridgehead atoms. The summed E-state index contributed by atoms with van der Waals surface area (Å²) in [6, 6.07) is 16.3. The molecular weight excluding hydrogens is 332 g/mol.